The largest absolute Gasteiger partial charge is 0.493 e. The molecule has 0 atom stereocenters. The van der Waals surface area contributed by atoms with Crippen LogP contribution >= 0.6 is 0 Å². The molecule has 2 aromatic rings. The molecule has 0 radical (unpaired) electrons. The zero-order valence-electron chi connectivity index (χ0n) is 17.7. The van der Waals surface area contributed by atoms with Gasteiger partial charge in [0.1, 0.15) is 0 Å². The topological polar surface area (TPSA) is 83.5 Å². The third-order valence-corrected chi connectivity index (χ3v) is 4.53. The van der Waals surface area contributed by atoms with Gasteiger partial charge in [-0.2, -0.15) is 0 Å². The fraction of sp³-hybridized carbons (Fsp3) is 0.217. The van der Waals surface area contributed by atoms with Crippen molar-refractivity contribution in [3.63, 3.8) is 0 Å². The summed E-state index contributed by atoms with van der Waals surface area (Å²) in [5.74, 6) is 0.0896. The molecule has 0 aliphatic carbocycles. The molecule has 2 amide bonds. The van der Waals surface area contributed by atoms with E-state index in [1.165, 1.54) is 28.4 Å². The number of carbonyl (C=O) groups excluding carboxylic acids is 2. The average molecular weight is 425 g/mol. The van der Waals surface area contributed by atoms with Crippen LogP contribution in [0, 0.1) is 0 Å². The summed E-state index contributed by atoms with van der Waals surface area (Å²) in [5, 5.41) is 0.697. The zero-order chi connectivity index (χ0) is 22.4. The summed E-state index contributed by atoms with van der Waals surface area (Å²) in [4.78, 5) is 31.1. The van der Waals surface area contributed by atoms with Crippen LogP contribution in [0.5, 0.6) is 17.2 Å². The normalized spacial score (nSPS) is 16.3. The van der Waals surface area contributed by atoms with Crippen LogP contribution in [0.25, 0.3) is 12.2 Å². The molecule has 8 nitrogen and oxygen atoms in total. The summed E-state index contributed by atoms with van der Waals surface area (Å²) in [6, 6.07) is 12.6. The minimum atomic E-state index is -0.599. The van der Waals surface area contributed by atoms with Gasteiger partial charge in [-0.1, -0.05) is 30.3 Å². The Kier molecular flexibility index (Phi) is 7.07. The van der Waals surface area contributed by atoms with Crippen molar-refractivity contribution in [2.24, 2.45) is 0 Å². The predicted molar refractivity (Wildman–Crippen MR) is 113 cm³/mol. The number of ether oxygens (including phenoxy) is 4. The summed E-state index contributed by atoms with van der Waals surface area (Å²) < 4.78 is 20.9. The van der Waals surface area contributed by atoms with E-state index >= 15 is 0 Å². The summed E-state index contributed by atoms with van der Waals surface area (Å²) in [7, 11) is 5.90. The van der Waals surface area contributed by atoms with E-state index in [-0.39, 0.29) is 17.9 Å². The Morgan fingerprint density at radius 3 is 1.81 bits per heavy atom. The molecule has 0 unspecified atom stereocenters. The van der Waals surface area contributed by atoms with Crippen LogP contribution in [0.4, 0.5) is 0 Å². The van der Waals surface area contributed by atoms with Gasteiger partial charge in [0.05, 0.1) is 32.5 Å². The number of imide groups is 1. The maximum absolute atomic E-state index is 13.0. The lowest BCUT2D eigenvalue weighted by Gasteiger charge is -2.13. The van der Waals surface area contributed by atoms with Crippen LogP contribution < -0.4 is 14.2 Å². The number of amides is 2. The summed E-state index contributed by atoms with van der Waals surface area (Å²) >= 11 is 0. The number of hydrogen-bond donors (Lipinski definition) is 0. The minimum Gasteiger partial charge on any atom is -0.493 e. The molecule has 162 valence electrons. The first-order chi connectivity index (χ1) is 15.0. The predicted octanol–water partition coefficient (Wildman–Crippen LogP) is 3.08. The molecule has 1 heterocycles. The van der Waals surface area contributed by atoms with Crippen LogP contribution in [0.15, 0.2) is 53.6 Å². The number of carbonyl (C=O) groups is 2. The Labute approximate surface area is 180 Å². The highest BCUT2D eigenvalue weighted by Crippen LogP contribution is 2.39. The lowest BCUT2D eigenvalue weighted by molar-refractivity contribution is -0.210. The molecule has 2 aromatic carbocycles. The van der Waals surface area contributed by atoms with Crippen molar-refractivity contribution in [3.05, 3.63) is 64.7 Å². The van der Waals surface area contributed by atoms with Gasteiger partial charge in [-0.05, 0) is 35.4 Å². The molecule has 0 spiro atoms. The molecular formula is C23H23NO7. The SMILES string of the molecule is COCON1C(=O)C(=Cc2ccccc2)C(=Cc2cc(OC)c(OC)c(OC)c2)C1=O. The molecule has 0 N–H and O–H groups in total. The first-order valence-corrected chi connectivity index (χ1v) is 9.33. The third-order valence-electron chi connectivity index (χ3n) is 4.53. The Morgan fingerprint density at radius 1 is 0.774 bits per heavy atom. The first kappa shape index (κ1) is 22.1. The quantitative estimate of drug-likeness (QED) is 0.365. The Morgan fingerprint density at radius 2 is 1.32 bits per heavy atom. The molecule has 31 heavy (non-hydrogen) atoms. The highest BCUT2D eigenvalue weighted by Gasteiger charge is 2.40. The number of methoxy groups -OCH3 is 4. The van der Waals surface area contributed by atoms with Gasteiger partial charge >= 0.3 is 0 Å². The number of hydroxylamine groups is 2. The Balaban J connectivity index is 2.13. The maximum atomic E-state index is 13.0. The molecular weight excluding hydrogens is 402 g/mol. The fourth-order valence-corrected chi connectivity index (χ4v) is 3.11. The summed E-state index contributed by atoms with van der Waals surface area (Å²) in [6.07, 6.45) is 3.22. The van der Waals surface area contributed by atoms with E-state index in [9.17, 15) is 9.59 Å². The first-order valence-electron chi connectivity index (χ1n) is 9.33. The van der Waals surface area contributed by atoms with Gasteiger partial charge < -0.3 is 18.9 Å². The zero-order valence-corrected chi connectivity index (χ0v) is 17.7. The second kappa shape index (κ2) is 9.92. The number of benzene rings is 2. The highest BCUT2D eigenvalue weighted by atomic mass is 16.8. The molecule has 0 aromatic heterocycles. The number of rotatable bonds is 8. The molecule has 3 rings (SSSR count). The van der Waals surface area contributed by atoms with Crippen molar-refractivity contribution in [1.29, 1.82) is 0 Å². The van der Waals surface area contributed by atoms with E-state index in [0.717, 1.165) is 5.56 Å². The van der Waals surface area contributed by atoms with Gasteiger partial charge in [-0.3, -0.25) is 9.59 Å². The number of nitrogens with zero attached hydrogens (tertiary/aromatic N) is 1. The van der Waals surface area contributed by atoms with Crippen LogP contribution in [0.2, 0.25) is 0 Å². The molecule has 0 saturated carbocycles. The van der Waals surface area contributed by atoms with E-state index < -0.39 is 11.8 Å². The van der Waals surface area contributed by atoms with Crippen molar-refractivity contribution in [2.45, 2.75) is 0 Å². The van der Waals surface area contributed by atoms with E-state index in [2.05, 4.69) is 0 Å². The van der Waals surface area contributed by atoms with Gasteiger partial charge in [0.15, 0.2) is 18.3 Å². The summed E-state index contributed by atoms with van der Waals surface area (Å²) in [6.45, 7) is -0.243. The smallest absolute Gasteiger partial charge is 0.286 e. The van der Waals surface area contributed by atoms with E-state index in [0.29, 0.717) is 27.9 Å². The van der Waals surface area contributed by atoms with E-state index in [1.807, 2.05) is 30.3 Å². The summed E-state index contributed by atoms with van der Waals surface area (Å²) in [5.41, 5.74) is 1.71. The fourth-order valence-electron chi connectivity index (χ4n) is 3.11. The van der Waals surface area contributed by atoms with Crippen molar-refractivity contribution < 1.29 is 33.4 Å². The molecule has 1 aliphatic rings. The van der Waals surface area contributed by atoms with Crippen molar-refractivity contribution in [1.82, 2.24) is 5.06 Å². The van der Waals surface area contributed by atoms with Gasteiger partial charge in [0.25, 0.3) is 11.8 Å². The lowest BCUT2D eigenvalue weighted by Crippen LogP contribution is -2.30. The monoisotopic (exact) mass is 425 g/mol. The molecule has 1 fully saturated rings. The molecule has 8 heteroatoms. The Hall–Kier alpha value is -3.62. The van der Waals surface area contributed by atoms with Gasteiger partial charge in [0.2, 0.25) is 5.75 Å². The molecule has 0 bridgehead atoms. The second-order valence-electron chi connectivity index (χ2n) is 6.43. The second-order valence-corrected chi connectivity index (χ2v) is 6.43. The average Bonchev–Trinajstić information content (AvgIpc) is 3.01. The van der Waals surface area contributed by atoms with Crippen LogP contribution in [0.3, 0.4) is 0 Å². The van der Waals surface area contributed by atoms with Crippen LogP contribution in [-0.2, 0) is 19.2 Å². The maximum Gasteiger partial charge on any atom is 0.286 e. The third kappa shape index (κ3) is 4.60. The van der Waals surface area contributed by atoms with Gasteiger partial charge in [-0.25, -0.2) is 4.84 Å². The number of hydrogen-bond acceptors (Lipinski definition) is 7. The van der Waals surface area contributed by atoms with E-state index in [1.54, 1.807) is 24.3 Å². The Bertz CT molecular complexity index is 1000. The minimum absolute atomic E-state index is 0.166. The molecule has 1 saturated heterocycles. The highest BCUT2D eigenvalue weighted by molar-refractivity contribution is 6.27. The van der Waals surface area contributed by atoms with Crippen molar-refractivity contribution in [2.75, 3.05) is 35.2 Å². The molecule has 1 aliphatic heterocycles. The lowest BCUT2D eigenvalue weighted by atomic mass is 10.0. The van der Waals surface area contributed by atoms with Crippen molar-refractivity contribution in [3.8, 4) is 17.2 Å². The van der Waals surface area contributed by atoms with Gasteiger partial charge in [0, 0.05) is 7.11 Å². The van der Waals surface area contributed by atoms with Crippen LogP contribution in [0.1, 0.15) is 11.1 Å². The van der Waals surface area contributed by atoms with Gasteiger partial charge in [-0.15, -0.1) is 5.06 Å². The van der Waals surface area contributed by atoms with E-state index in [4.69, 9.17) is 23.8 Å². The van der Waals surface area contributed by atoms with Crippen molar-refractivity contribution >= 4 is 24.0 Å². The standard InChI is InChI=1S/C23H23NO7/c1-27-14-31-24-22(25)17(10-15-8-6-5-7-9-15)18(23(24)26)11-16-12-19(28-2)21(30-4)20(13-16)29-3/h5-13H,14H2,1-4H3. The van der Waals surface area contributed by atoms with Crippen LogP contribution in [-0.4, -0.2) is 52.1 Å².